The number of carbonyl (C=O) groups is 4. The average molecular weight is 1010 g/mol. The molecule has 0 unspecified atom stereocenters. The number of aliphatic imine (C=N–C) groups is 1. The highest BCUT2D eigenvalue weighted by Crippen LogP contribution is 2.36. The highest BCUT2D eigenvalue weighted by molar-refractivity contribution is 7.19. The summed E-state index contributed by atoms with van der Waals surface area (Å²) in [4.78, 5) is 77.9. The summed E-state index contributed by atoms with van der Waals surface area (Å²) in [7, 11) is 0. The number of ether oxygens (including phenoxy) is 2. The van der Waals surface area contributed by atoms with Crippen LogP contribution in [0.15, 0.2) is 110 Å². The first-order chi connectivity index (χ1) is 34.5. The summed E-state index contributed by atoms with van der Waals surface area (Å²) in [5.41, 5.74) is 5.70. The van der Waals surface area contributed by atoms with Crippen LogP contribution in [0.1, 0.15) is 73.6 Å². The summed E-state index contributed by atoms with van der Waals surface area (Å²) in [6.45, 7) is 11.3. The van der Waals surface area contributed by atoms with E-state index in [1.54, 1.807) is 90.5 Å². The Balaban J connectivity index is 0.000000191. The first kappa shape index (κ1) is 47.9. The van der Waals surface area contributed by atoms with Crippen LogP contribution >= 0.6 is 22.7 Å². The largest absolute Gasteiger partial charge is 0.443 e. The maximum atomic E-state index is 13.5. The molecule has 0 saturated heterocycles. The Labute approximate surface area is 417 Å². The molecule has 0 saturated carbocycles. The molecule has 25 heteroatoms. The lowest BCUT2D eigenvalue weighted by Gasteiger charge is -2.25. The van der Waals surface area contributed by atoms with E-state index in [4.69, 9.17) is 9.47 Å². The van der Waals surface area contributed by atoms with Gasteiger partial charge >= 0.3 is 12.2 Å². The van der Waals surface area contributed by atoms with E-state index in [1.807, 2.05) is 18.3 Å². The molecule has 7 aromatic heterocycles. The number of aromatic nitrogens is 12. The minimum Gasteiger partial charge on any atom is -0.443 e. The Morgan fingerprint density at radius 2 is 1.31 bits per heavy atom. The molecule has 23 nitrogen and oxygen atoms in total. The van der Waals surface area contributed by atoms with E-state index in [1.165, 1.54) is 59.2 Å². The van der Waals surface area contributed by atoms with Crippen molar-refractivity contribution in [3.8, 4) is 21.1 Å². The van der Waals surface area contributed by atoms with Gasteiger partial charge in [0.1, 0.15) is 22.6 Å². The number of carbonyl (C=O) groups excluding carboxylic acids is 4. The number of fused-ring (bicyclic) bond motifs is 2. The van der Waals surface area contributed by atoms with Crippen LogP contribution in [0.5, 0.6) is 0 Å². The number of nitrogens with zero attached hydrogens (tertiary/aromatic N) is 12. The number of benzene rings is 2. The molecule has 72 heavy (non-hydrogen) atoms. The van der Waals surface area contributed by atoms with E-state index >= 15 is 0 Å². The van der Waals surface area contributed by atoms with E-state index in [0.717, 1.165) is 39.4 Å². The summed E-state index contributed by atoms with van der Waals surface area (Å²) in [5.74, 6) is -0.669. The number of hydrogen-bond donors (Lipinski definition) is 5. The van der Waals surface area contributed by atoms with Crippen molar-refractivity contribution in [1.82, 2.24) is 60.1 Å². The molecular formula is C47H43N17O6S2. The number of rotatable bonds is 10. The van der Waals surface area contributed by atoms with Gasteiger partial charge in [-0.3, -0.25) is 24.5 Å². The third kappa shape index (κ3) is 11.5. The molecule has 1 aliphatic heterocycles. The second kappa shape index (κ2) is 20.1. The molecule has 3 amide bonds. The number of H-pyrrole nitrogens is 2. The lowest BCUT2D eigenvalue weighted by Crippen LogP contribution is -2.33. The molecular weight excluding hydrogens is 963 g/mol. The fraction of sp³-hybridized carbons (Fsp3) is 0.191. The van der Waals surface area contributed by atoms with Crippen LogP contribution in [-0.4, -0.2) is 101 Å². The lowest BCUT2D eigenvalue weighted by molar-refractivity contribution is 0.0520. The fourth-order valence-electron chi connectivity index (χ4n) is 6.73. The van der Waals surface area contributed by atoms with Crippen molar-refractivity contribution in [1.29, 1.82) is 0 Å². The third-order valence-corrected chi connectivity index (χ3v) is 11.7. The third-order valence-electron chi connectivity index (χ3n) is 9.84. The molecule has 10 rings (SSSR count). The zero-order chi connectivity index (χ0) is 50.6. The molecule has 0 bridgehead atoms. The van der Waals surface area contributed by atoms with Crippen molar-refractivity contribution in [3.05, 3.63) is 127 Å². The summed E-state index contributed by atoms with van der Waals surface area (Å²) < 4.78 is 12.3. The SMILES string of the molecule is CC(C)(C)OC(=O)N(c1ccc2c(cnn2C(=O)OC(C)(C)C)c1)c1nnc(-c2cncc(NC(=O)c3cnc[nH]3)c2)s1.O=C(Nc1cncc(-c2nnc(Nc3ccc4c(c3)C=NC4)s2)c1)c1cnc[nH]1. The van der Waals surface area contributed by atoms with E-state index in [0.29, 0.717) is 60.1 Å². The van der Waals surface area contributed by atoms with Crippen molar-refractivity contribution in [3.63, 3.8) is 0 Å². The molecule has 0 radical (unpaired) electrons. The molecule has 1 aliphatic rings. The van der Waals surface area contributed by atoms with Crippen molar-refractivity contribution in [2.45, 2.75) is 59.3 Å². The molecule has 8 heterocycles. The minimum absolute atomic E-state index is 0.232. The molecule has 364 valence electrons. The smallest absolute Gasteiger partial charge is 0.435 e. The normalized spacial score (nSPS) is 11.9. The first-order valence-electron chi connectivity index (χ1n) is 21.8. The van der Waals surface area contributed by atoms with Crippen LogP contribution in [0, 0.1) is 0 Å². The second-order valence-electron chi connectivity index (χ2n) is 17.7. The van der Waals surface area contributed by atoms with Gasteiger partial charge in [-0.25, -0.2) is 24.5 Å². The second-order valence-corrected chi connectivity index (χ2v) is 19.6. The molecule has 0 aliphatic carbocycles. The van der Waals surface area contributed by atoms with Crippen molar-refractivity contribution < 1.29 is 28.7 Å². The Hall–Kier alpha value is -9.10. The van der Waals surface area contributed by atoms with Crippen LogP contribution in [0.25, 0.3) is 32.0 Å². The van der Waals surface area contributed by atoms with Gasteiger partial charge < -0.3 is 35.4 Å². The van der Waals surface area contributed by atoms with Gasteiger partial charge in [0, 0.05) is 40.8 Å². The number of anilines is 6. The van der Waals surface area contributed by atoms with Gasteiger partial charge in [0.15, 0.2) is 10.0 Å². The zero-order valence-electron chi connectivity index (χ0n) is 39.2. The monoisotopic (exact) mass is 1010 g/mol. The van der Waals surface area contributed by atoms with E-state index in [9.17, 15) is 19.2 Å². The average Bonchev–Trinajstić information content (AvgIpc) is 4.20. The first-order valence-corrected chi connectivity index (χ1v) is 23.5. The van der Waals surface area contributed by atoms with Gasteiger partial charge in [-0.15, -0.1) is 20.4 Å². The molecule has 9 aromatic rings. The quantitative estimate of drug-likeness (QED) is 0.0853. The van der Waals surface area contributed by atoms with Crippen LogP contribution in [-0.2, 0) is 16.0 Å². The Morgan fingerprint density at radius 1 is 0.667 bits per heavy atom. The van der Waals surface area contributed by atoms with Gasteiger partial charge in [-0.1, -0.05) is 28.7 Å². The minimum atomic E-state index is -0.792. The number of pyridine rings is 2. The molecule has 2 aromatic carbocycles. The topological polar surface area (TPSA) is 291 Å². The molecule has 0 fully saturated rings. The number of aromatic amines is 2. The summed E-state index contributed by atoms with van der Waals surface area (Å²) >= 11 is 2.53. The predicted molar refractivity (Wildman–Crippen MR) is 270 cm³/mol. The van der Waals surface area contributed by atoms with Crippen molar-refractivity contribution >= 4 is 96.8 Å². The van der Waals surface area contributed by atoms with Crippen LogP contribution in [0.3, 0.4) is 0 Å². The maximum absolute atomic E-state index is 13.5. The van der Waals surface area contributed by atoms with E-state index in [-0.39, 0.29) is 16.9 Å². The van der Waals surface area contributed by atoms with Gasteiger partial charge in [0.2, 0.25) is 10.3 Å². The Morgan fingerprint density at radius 3 is 1.93 bits per heavy atom. The summed E-state index contributed by atoms with van der Waals surface area (Å²) in [6, 6.07) is 14.6. The molecule has 0 atom stereocenters. The number of hydrogen-bond acceptors (Lipinski definition) is 19. The highest BCUT2D eigenvalue weighted by atomic mass is 32.1. The van der Waals surface area contributed by atoms with Crippen molar-refractivity contribution in [2.75, 3.05) is 20.9 Å². The fourth-order valence-corrected chi connectivity index (χ4v) is 8.32. The number of imidazole rings is 2. The Kier molecular flexibility index (Phi) is 13.4. The number of amides is 3. The molecule has 5 N–H and O–H groups in total. The van der Waals surface area contributed by atoms with Gasteiger partial charge in [0.25, 0.3) is 11.8 Å². The van der Waals surface area contributed by atoms with Gasteiger partial charge in [-0.2, -0.15) is 9.78 Å². The zero-order valence-corrected chi connectivity index (χ0v) is 40.9. The van der Waals surface area contributed by atoms with E-state index < -0.39 is 23.4 Å². The predicted octanol–water partition coefficient (Wildman–Crippen LogP) is 9.03. The standard InChI is InChI=1S/C28H29N9O5S.C19H14N8OS/c1-27(2,3)41-25(39)36(19-7-8-21-16(10-19)12-32-37(21)26(40)42-28(4,5)6)24-35-34-23(43-24)17-9-18(13-29-11-17)33-22(38)20-14-30-15-31-20;28-17(16-9-22-10-23-16)24-15-4-13(7-21-8-15)18-26-27-19(29-18)25-14-2-1-11-5-20-6-12(11)3-14/h7-15H,1-6H3,(H,30,31)(H,33,38);1-4,6-10H,5H2,(H,22,23)(H,24,28)(H,25,27). The van der Waals surface area contributed by atoms with E-state index in [2.05, 4.69) is 82.4 Å². The van der Waals surface area contributed by atoms with Gasteiger partial charge in [0.05, 0.1) is 72.8 Å². The Bertz CT molecular complexity index is 3460. The van der Waals surface area contributed by atoms with Crippen LogP contribution in [0.4, 0.5) is 42.6 Å². The molecule has 0 spiro atoms. The summed E-state index contributed by atoms with van der Waals surface area (Å²) in [5, 5.41) is 32.6. The van der Waals surface area contributed by atoms with Gasteiger partial charge in [-0.05, 0) is 95.1 Å². The maximum Gasteiger partial charge on any atom is 0.435 e. The summed E-state index contributed by atoms with van der Waals surface area (Å²) in [6.07, 6.45) is 14.2. The lowest BCUT2D eigenvalue weighted by atomic mass is 10.1. The van der Waals surface area contributed by atoms with Crippen LogP contribution < -0.4 is 20.9 Å². The van der Waals surface area contributed by atoms with Crippen molar-refractivity contribution in [2.24, 2.45) is 4.99 Å². The number of nitrogens with one attached hydrogen (secondary N) is 5. The van der Waals surface area contributed by atoms with Crippen LogP contribution in [0.2, 0.25) is 0 Å². The highest BCUT2D eigenvalue weighted by Gasteiger charge is 2.29.